The average Bonchev–Trinajstić information content (AvgIpc) is 2.28. The summed E-state index contributed by atoms with van der Waals surface area (Å²) >= 11 is 5.70. The van der Waals surface area contributed by atoms with Crippen molar-refractivity contribution < 1.29 is 19.1 Å². The van der Waals surface area contributed by atoms with Gasteiger partial charge in [0.1, 0.15) is 0 Å². The molecule has 0 bridgehead atoms. The number of carbonyl (C=O) groups is 2. The second kappa shape index (κ2) is 5.21. The first-order valence-electron chi connectivity index (χ1n) is 4.19. The Morgan fingerprint density at radius 2 is 2.12 bits per heavy atom. The highest BCUT2D eigenvalue weighted by molar-refractivity contribution is 6.37. The zero-order valence-corrected chi connectivity index (χ0v) is 9.06. The smallest absolute Gasteiger partial charge is 0.338 e. The topological polar surface area (TPSA) is 79.8 Å². The van der Waals surface area contributed by atoms with Gasteiger partial charge in [0.05, 0.1) is 12.7 Å². The number of hydrogen-bond acceptors (Lipinski definition) is 3. The van der Waals surface area contributed by atoms with E-state index in [-0.39, 0.29) is 11.1 Å². The third-order valence-corrected chi connectivity index (χ3v) is 2.06. The molecular weight excluding hydrogens is 232 g/mol. The summed E-state index contributed by atoms with van der Waals surface area (Å²) in [5, 5.41) is 0.294. The van der Waals surface area contributed by atoms with Crippen LogP contribution < -0.4 is 0 Å². The van der Waals surface area contributed by atoms with Crippen LogP contribution in [-0.4, -0.2) is 29.9 Å². The molecule has 0 fully saturated rings. The van der Waals surface area contributed by atoms with Gasteiger partial charge < -0.3 is 10.3 Å². The summed E-state index contributed by atoms with van der Waals surface area (Å²) < 4.78 is 4.50. The predicted octanol–water partition coefficient (Wildman–Crippen LogP) is 1.61. The standard InChI is InChI=1S/C10H7ClN2O3/c1-16-10(15)7-3-2-6(11)4-8(7)9(14)5-13-12/h2-5H,1H3. The van der Waals surface area contributed by atoms with E-state index in [1.165, 1.54) is 25.3 Å². The van der Waals surface area contributed by atoms with E-state index in [0.29, 0.717) is 11.2 Å². The number of rotatable bonds is 3. The Morgan fingerprint density at radius 1 is 1.44 bits per heavy atom. The highest BCUT2D eigenvalue weighted by Gasteiger charge is 2.18. The molecule has 16 heavy (non-hydrogen) atoms. The summed E-state index contributed by atoms with van der Waals surface area (Å²) in [5.41, 5.74) is 8.35. The molecule has 0 aromatic heterocycles. The molecular formula is C10H7ClN2O3. The van der Waals surface area contributed by atoms with E-state index in [4.69, 9.17) is 17.1 Å². The third kappa shape index (κ3) is 2.53. The molecule has 0 amide bonds. The molecule has 0 aliphatic rings. The van der Waals surface area contributed by atoms with Gasteiger partial charge in [-0.2, -0.15) is 4.79 Å². The number of ether oxygens (including phenoxy) is 1. The lowest BCUT2D eigenvalue weighted by molar-refractivity contribution is 0.00234. The van der Waals surface area contributed by atoms with Crippen LogP contribution in [0.4, 0.5) is 0 Å². The first-order valence-corrected chi connectivity index (χ1v) is 4.57. The van der Waals surface area contributed by atoms with Gasteiger partial charge in [0.2, 0.25) is 0 Å². The van der Waals surface area contributed by atoms with Crippen molar-refractivity contribution in [3.8, 4) is 0 Å². The van der Waals surface area contributed by atoms with E-state index in [9.17, 15) is 9.59 Å². The van der Waals surface area contributed by atoms with Crippen LogP contribution >= 0.6 is 11.6 Å². The molecule has 1 rings (SSSR count). The number of esters is 1. The van der Waals surface area contributed by atoms with Crippen molar-refractivity contribution in [3.05, 3.63) is 39.9 Å². The maximum Gasteiger partial charge on any atom is 0.338 e. The lowest BCUT2D eigenvalue weighted by atomic mass is 10.0. The van der Waals surface area contributed by atoms with Crippen LogP contribution in [0.2, 0.25) is 5.02 Å². The zero-order valence-electron chi connectivity index (χ0n) is 8.31. The maximum atomic E-state index is 11.5. The van der Waals surface area contributed by atoms with Crippen LogP contribution in [0.25, 0.3) is 5.53 Å². The fourth-order valence-corrected chi connectivity index (χ4v) is 1.30. The monoisotopic (exact) mass is 238 g/mol. The van der Waals surface area contributed by atoms with Crippen molar-refractivity contribution in [3.63, 3.8) is 0 Å². The third-order valence-electron chi connectivity index (χ3n) is 1.83. The van der Waals surface area contributed by atoms with Crippen molar-refractivity contribution in [2.24, 2.45) is 0 Å². The number of methoxy groups -OCH3 is 1. The number of ketones is 1. The van der Waals surface area contributed by atoms with E-state index < -0.39 is 11.8 Å². The molecule has 0 spiro atoms. The molecule has 0 aliphatic heterocycles. The average molecular weight is 239 g/mol. The number of Topliss-reactive ketones (excluding diaryl/α,β-unsaturated/α-hetero) is 1. The Kier molecular flexibility index (Phi) is 3.94. The Hall–Kier alpha value is -1.97. The van der Waals surface area contributed by atoms with Gasteiger partial charge in [-0.3, -0.25) is 4.79 Å². The Bertz CT molecular complexity index is 493. The number of hydrogen-bond donors (Lipinski definition) is 0. The molecule has 0 aliphatic carbocycles. The molecule has 0 radical (unpaired) electrons. The highest BCUT2D eigenvalue weighted by atomic mass is 35.5. The number of halogens is 1. The van der Waals surface area contributed by atoms with Gasteiger partial charge >= 0.3 is 12.2 Å². The lowest BCUT2D eigenvalue weighted by Gasteiger charge is -2.03. The lowest BCUT2D eigenvalue weighted by Crippen LogP contribution is -2.11. The van der Waals surface area contributed by atoms with E-state index in [2.05, 4.69) is 9.53 Å². The Labute approximate surface area is 96.2 Å². The molecule has 0 unspecified atom stereocenters. The summed E-state index contributed by atoms with van der Waals surface area (Å²) in [6, 6.07) is 4.13. The first-order chi connectivity index (χ1) is 7.60. The predicted molar refractivity (Wildman–Crippen MR) is 56.8 cm³/mol. The molecule has 82 valence electrons. The summed E-state index contributed by atoms with van der Waals surface area (Å²) in [4.78, 5) is 25.4. The van der Waals surface area contributed by atoms with Crippen LogP contribution in [0, 0.1) is 0 Å². The minimum Gasteiger partial charge on any atom is -0.465 e. The van der Waals surface area contributed by atoms with Gasteiger partial charge in [-0.1, -0.05) is 11.6 Å². The van der Waals surface area contributed by atoms with Crippen molar-refractivity contribution >= 4 is 29.6 Å². The molecule has 0 N–H and O–H groups in total. The summed E-state index contributed by atoms with van der Waals surface area (Å²) in [6.07, 6.45) is 0.679. The minimum absolute atomic E-state index is 0.0251. The van der Waals surface area contributed by atoms with Crippen molar-refractivity contribution in [2.75, 3.05) is 7.11 Å². The van der Waals surface area contributed by atoms with E-state index in [1.807, 2.05) is 0 Å². The van der Waals surface area contributed by atoms with Gasteiger partial charge in [-0.25, -0.2) is 4.79 Å². The number of carbonyl (C=O) groups excluding carboxylic acids is 2. The first kappa shape index (κ1) is 12.1. The van der Waals surface area contributed by atoms with Crippen LogP contribution in [-0.2, 0) is 4.74 Å². The molecule has 6 heteroatoms. The molecule has 0 atom stereocenters. The van der Waals surface area contributed by atoms with Gasteiger partial charge in [-0.05, 0) is 18.2 Å². The van der Waals surface area contributed by atoms with Gasteiger partial charge in [0.15, 0.2) is 0 Å². The summed E-state index contributed by atoms with van der Waals surface area (Å²) in [7, 11) is 1.20. The SMILES string of the molecule is COC(=O)c1ccc(Cl)cc1C(=O)C=[N+]=[N-]. The number of nitrogens with zero attached hydrogens (tertiary/aromatic N) is 2. The fourth-order valence-electron chi connectivity index (χ4n) is 1.13. The Balaban J connectivity index is 3.33. The molecule has 0 saturated heterocycles. The van der Waals surface area contributed by atoms with Crippen LogP contribution in [0.3, 0.4) is 0 Å². The minimum atomic E-state index is -0.661. The zero-order chi connectivity index (χ0) is 12.1. The van der Waals surface area contributed by atoms with E-state index in [1.54, 1.807) is 0 Å². The van der Waals surface area contributed by atoms with Crippen molar-refractivity contribution in [1.29, 1.82) is 0 Å². The van der Waals surface area contributed by atoms with Crippen LogP contribution in [0.5, 0.6) is 0 Å². The van der Waals surface area contributed by atoms with Crippen molar-refractivity contribution in [2.45, 2.75) is 0 Å². The van der Waals surface area contributed by atoms with Crippen LogP contribution in [0.15, 0.2) is 18.2 Å². The van der Waals surface area contributed by atoms with E-state index >= 15 is 0 Å². The van der Waals surface area contributed by atoms with Gasteiger partial charge in [-0.15, -0.1) is 0 Å². The van der Waals surface area contributed by atoms with Crippen LogP contribution in [0.1, 0.15) is 20.7 Å². The second-order valence-corrected chi connectivity index (χ2v) is 3.23. The maximum absolute atomic E-state index is 11.5. The molecule has 1 aromatic carbocycles. The Morgan fingerprint density at radius 3 is 2.69 bits per heavy atom. The second-order valence-electron chi connectivity index (χ2n) is 2.79. The normalized spacial score (nSPS) is 9.12. The summed E-state index contributed by atoms with van der Waals surface area (Å²) in [6.45, 7) is 0. The molecule has 0 saturated carbocycles. The van der Waals surface area contributed by atoms with Gasteiger partial charge in [0.25, 0.3) is 5.78 Å². The largest absolute Gasteiger partial charge is 0.465 e. The summed E-state index contributed by atoms with van der Waals surface area (Å²) in [5.74, 6) is -1.29. The molecule has 5 nitrogen and oxygen atoms in total. The highest BCUT2D eigenvalue weighted by Crippen LogP contribution is 2.17. The van der Waals surface area contributed by atoms with Crippen molar-refractivity contribution in [1.82, 2.24) is 0 Å². The van der Waals surface area contributed by atoms with Gasteiger partial charge in [0, 0.05) is 10.6 Å². The number of benzene rings is 1. The fraction of sp³-hybridized carbons (Fsp3) is 0.100. The van der Waals surface area contributed by atoms with E-state index in [0.717, 1.165) is 0 Å². The molecule has 1 aromatic rings. The molecule has 0 heterocycles. The quantitative estimate of drug-likeness (QED) is 0.264.